The highest BCUT2D eigenvalue weighted by atomic mass is 14.2. The second-order valence-electron chi connectivity index (χ2n) is 7.94. The standard InChI is InChI=1S/C34H18/c1-4-25-6-10-27(11-7-25)14-16-29-18-20-31-32-21-19-30(23-34(32)24(3)33(31)22-29)17-15-28-12-8-26(5-2)9-13-28/h1-2,6-13,18-23H,3H2. The maximum Gasteiger partial charge on any atom is 0.0255 e. The summed E-state index contributed by atoms with van der Waals surface area (Å²) in [4.78, 5) is 0. The van der Waals surface area contributed by atoms with Crippen LogP contribution in [0.15, 0.2) is 91.5 Å². The summed E-state index contributed by atoms with van der Waals surface area (Å²) in [5, 5.41) is 0. The Hall–Kier alpha value is -5.14. The van der Waals surface area contributed by atoms with Crippen LogP contribution >= 0.6 is 0 Å². The fraction of sp³-hybridized carbons (Fsp3) is 0. The van der Waals surface area contributed by atoms with Crippen LogP contribution in [-0.4, -0.2) is 0 Å². The van der Waals surface area contributed by atoms with E-state index in [1.807, 2.05) is 48.5 Å². The average Bonchev–Trinajstić information content (AvgIpc) is 3.17. The molecule has 0 saturated carbocycles. The van der Waals surface area contributed by atoms with Crippen LogP contribution in [-0.2, 0) is 0 Å². The van der Waals surface area contributed by atoms with E-state index in [4.69, 9.17) is 12.8 Å². The summed E-state index contributed by atoms with van der Waals surface area (Å²) < 4.78 is 0. The molecule has 0 saturated heterocycles. The monoisotopic (exact) mass is 426 g/mol. The Kier molecular flexibility index (Phi) is 5.35. The second-order valence-corrected chi connectivity index (χ2v) is 7.94. The van der Waals surface area contributed by atoms with Crippen LogP contribution in [0.2, 0.25) is 0 Å². The van der Waals surface area contributed by atoms with Crippen molar-refractivity contribution in [2.45, 2.75) is 0 Å². The Bertz CT molecular complexity index is 1530. The quantitative estimate of drug-likeness (QED) is 0.248. The number of benzene rings is 4. The molecule has 34 heavy (non-hydrogen) atoms. The molecule has 4 aromatic rings. The van der Waals surface area contributed by atoms with Gasteiger partial charge in [0.1, 0.15) is 0 Å². The molecule has 0 unspecified atom stereocenters. The van der Waals surface area contributed by atoms with E-state index in [-0.39, 0.29) is 0 Å². The van der Waals surface area contributed by atoms with Crippen LogP contribution in [0.3, 0.4) is 0 Å². The zero-order valence-corrected chi connectivity index (χ0v) is 18.4. The summed E-state index contributed by atoms with van der Waals surface area (Å²) in [5.41, 5.74) is 11.0. The summed E-state index contributed by atoms with van der Waals surface area (Å²) in [6.45, 7) is 4.36. The molecule has 0 heterocycles. The van der Waals surface area contributed by atoms with Gasteiger partial charge in [-0.15, -0.1) is 12.8 Å². The van der Waals surface area contributed by atoms with Crippen molar-refractivity contribution in [1.82, 2.24) is 0 Å². The van der Waals surface area contributed by atoms with Gasteiger partial charge in [0.05, 0.1) is 0 Å². The molecule has 0 aromatic heterocycles. The fourth-order valence-electron chi connectivity index (χ4n) is 3.95. The Labute approximate surface area is 201 Å². The number of terminal acetylenes is 2. The van der Waals surface area contributed by atoms with Crippen LogP contribution < -0.4 is 0 Å². The van der Waals surface area contributed by atoms with Gasteiger partial charge in [-0.25, -0.2) is 0 Å². The zero-order chi connectivity index (χ0) is 23.5. The topological polar surface area (TPSA) is 0 Å². The molecule has 4 aromatic carbocycles. The number of rotatable bonds is 0. The molecule has 0 fully saturated rings. The van der Waals surface area contributed by atoms with Crippen molar-refractivity contribution < 1.29 is 0 Å². The molecule has 0 heteroatoms. The molecule has 154 valence electrons. The SMILES string of the molecule is C#Cc1ccc(C#Cc2ccc3c(c2)C(=C)c2cc(C#Cc4ccc(C#C)cc4)ccc2-3)cc1. The molecule has 0 bridgehead atoms. The molecule has 0 atom stereocenters. The van der Waals surface area contributed by atoms with Crippen molar-refractivity contribution in [3.05, 3.63) is 136 Å². The Balaban J connectivity index is 1.41. The first-order valence-corrected chi connectivity index (χ1v) is 10.8. The highest BCUT2D eigenvalue weighted by molar-refractivity contribution is 6.01. The number of fused-ring (bicyclic) bond motifs is 3. The largest absolute Gasteiger partial charge is 0.115 e. The van der Waals surface area contributed by atoms with Gasteiger partial charge in [-0.3, -0.25) is 0 Å². The highest BCUT2D eigenvalue weighted by Crippen LogP contribution is 2.43. The minimum atomic E-state index is 0.850. The number of hydrogen-bond acceptors (Lipinski definition) is 0. The maximum atomic E-state index is 5.42. The lowest BCUT2D eigenvalue weighted by Gasteiger charge is -2.01. The summed E-state index contributed by atoms with van der Waals surface area (Å²) in [6, 6.07) is 27.9. The van der Waals surface area contributed by atoms with E-state index in [0.29, 0.717) is 0 Å². The highest BCUT2D eigenvalue weighted by Gasteiger charge is 2.22. The zero-order valence-electron chi connectivity index (χ0n) is 18.4. The lowest BCUT2D eigenvalue weighted by Crippen LogP contribution is -1.83. The number of hydrogen-bond donors (Lipinski definition) is 0. The summed E-state index contributed by atoms with van der Waals surface area (Å²) >= 11 is 0. The third-order valence-electron chi connectivity index (χ3n) is 5.79. The summed E-state index contributed by atoms with van der Waals surface area (Å²) in [7, 11) is 0. The van der Waals surface area contributed by atoms with Gasteiger partial charge in [-0.1, -0.05) is 54.2 Å². The maximum absolute atomic E-state index is 5.42. The molecule has 5 rings (SSSR count). The van der Waals surface area contributed by atoms with E-state index >= 15 is 0 Å². The average molecular weight is 427 g/mol. The van der Waals surface area contributed by atoms with Crippen molar-refractivity contribution in [1.29, 1.82) is 0 Å². The Morgan fingerprint density at radius 1 is 0.412 bits per heavy atom. The van der Waals surface area contributed by atoms with Crippen LogP contribution in [0, 0.1) is 48.4 Å². The van der Waals surface area contributed by atoms with E-state index < -0.39 is 0 Å². The van der Waals surface area contributed by atoms with Gasteiger partial charge in [0, 0.05) is 33.4 Å². The van der Waals surface area contributed by atoms with Gasteiger partial charge < -0.3 is 0 Å². The van der Waals surface area contributed by atoms with Gasteiger partial charge in [0.2, 0.25) is 0 Å². The normalized spacial score (nSPS) is 10.5. The van der Waals surface area contributed by atoms with Crippen molar-refractivity contribution in [3.63, 3.8) is 0 Å². The molecule has 1 aliphatic rings. The molecule has 0 radical (unpaired) electrons. The predicted octanol–water partition coefficient (Wildman–Crippen LogP) is 6.49. The van der Waals surface area contributed by atoms with Gasteiger partial charge >= 0.3 is 0 Å². The minimum Gasteiger partial charge on any atom is -0.115 e. The van der Waals surface area contributed by atoms with Crippen molar-refractivity contribution >= 4 is 5.57 Å². The first-order valence-electron chi connectivity index (χ1n) is 10.8. The van der Waals surface area contributed by atoms with E-state index in [1.54, 1.807) is 0 Å². The van der Waals surface area contributed by atoms with E-state index in [1.165, 1.54) is 11.1 Å². The van der Waals surface area contributed by atoms with E-state index in [0.717, 1.165) is 50.1 Å². The molecule has 0 amide bonds. The first kappa shape index (κ1) is 20.7. The van der Waals surface area contributed by atoms with Crippen LogP contribution in [0.25, 0.3) is 16.7 Å². The second kappa shape index (κ2) is 8.78. The molecule has 1 aliphatic carbocycles. The van der Waals surface area contributed by atoms with Crippen LogP contribution in [0.5, 0.6) is 0 Å². The van der Waals surface area contributed by atoms with Gasteiger partial charge in [-0.2, -0.15) is 0 Å². The van der Waals surface area contributed by atoms with Gasteiger partial charge in [0.25, 0.3) is 0 Å². The van der Waals surface area contributed by atoms with Gasteiger partial charge in [0.15, 0.2) is 0 Å². The van der Waals surface area contributed by atoms with Crippen molar-refractivity contribution in [2.24, 2.45) is 0 Å². The molecule has 0 aliphatic heterocycles. The lowest BCUT2D eigenvalue weighted by atomic mass is 10.0. The smallest absolute Gasteiger partial charge is 0.0255 e. The first-order chi connectivity index (χ1) is 16.6. The predicted molar refractivity (Wildman–Crippen MR) is 141 cm³/mol. The van der Waals surface area contributed by atoms with E-state index in [2.05, 4.69) is 78.5 Å². The third kappa shape index (κ3) is 4.02. The Morgan fingerprint density at radius 3 is 1.12 bits per heavy atom. The molecular weight excluding hydrogens is 408 g/mol. The lowest BCUT2D eigenvalue weighted by molar-refractivity contribution is 1.58. The molecule has 0 nitrogen and oxygen atoms in total. The van der Waals surface area contributed by atoms with Gasteiger partial charge in [-0.05, 0) is 101 Å². The third-order valence-corrected chi connectivity index (χ3v) is 5.79. The van der Waals surface area contributed by atoms with Crippen LogP contribution in [0.1, 0.15) is 44.5 Å². The molecule has 0 spiro atoms. The van der Waals surface area contributed by atoms with Crippen molar-refractivity contribution in [3.8, 4) is 59.5 Å². The molecular formula is C34H18. The van der Waals surface area contributed by atoms with Crippen molar-refractivity contribution in [2.75, 3.05) is 0 Å². The molecule has 0 N–H and O–H groups in total. The minimum absolute atomic E-state index is 0.850. The van der Waals surface area contributed by atoms with Crippen LogP contribution in [0.4, 0.5) is 0 Å². The summed E-state index contributed by atoms with van der Waals surface area (Å²) in [6.07, 6.45) is 10.8. The fourth-order valence-corrected chi connectivity index (χ4v) is 3.95. The van der Waals surface area contributed by atoms with E-state index in [9.17, 15) is 0 Å². The Morgan fingerprint density at radius 2 is 0.735 bits per heavy atom. The summed E-state index contributed by atoms with van der Waals surface area (Å²) in [5.74, 6) is 18.2.